The summed E-state index contributed by atoms with van der Waals surface area (Å²) in [5, 5.41) is 3.44. The number of para-hydroxylation sites is 3. The van der Waals surface area contributed by atoms with Crippen LogP contribution >= 0.6 is 0 Å². The van der Waals surface area contributed by atoms with Gasteiger partial charge in [-0.05, 0) is 23.8 Å². The van der Waals surface area contributed by atoms with Crippen LogP contribution in [0.5, 0.6) is 11.5 Å². The second-order valence-corrected chi connectivity index (χ2v) is 5.44. The molecule has 0 unspecified atom stereocenters. The molecule has 0 atom stereocenters. The van der Waals surface area contributed by atoms with E-state index >= 15 is 0 Å². The van der Waals surface area contributed by atoms with Gasteiger partial charge in [-0.1, -0.05) is 60.7 Å². The highest BCUT2D eigenvalue weighted by molar-refractivity contribution is 5.56. The Labute approximate surface area is 142 Å². The van der Waals surface area contributed by atoms with Crippen molar-refractivity contribution in [2.75, 3.05) is 12.4 Å². The van der Waals surface area contributed by atoms with E-state index in [1.807, 2.05) is 60.7 Å². The number of ether oxygens (including phenoxy) is 2. The monoisotopic (exact) mass is 319 g/mol. The van der Waals surface area contributed by atoms with Crippen molar-refractivity contribution >= 4 is 5.69 Å². The molecule has 122 valence electrons. The molecule has 0 aliphatic heterocycles. The minimum atomic E-state index is 0.550. The lowest BCUT2D eigenvalue weighted by Gasteiger charge is -2.14. The average molecular weight is 319 g/mol. The molecule has 0 aliphatic rings. The maximum atomic E-state index is 5.97. The fourth-order valence-corrected chi connectivity index (χ4v) is 2.51. The van der Waals surface area contributed by atoms with Crippen LogP contribution in [0.2, 0.25) is 0 Å². The fraction of sp³-hybridized carbons (Fsp3) is 0.143. The van der Waals surface area contributed by atoms with Crippen LogP contribution in [0.25, 0.3) is 0 Å². The quantitative estimate of drug-likeness (QED) is 0.673. The number of anilines is 1. The highest BCUT2D eigenvalue weighted by Gasteiger charge is 2.05. The van der Waals surface area contributed by atoms with Crippen LogP contribution in [0.3, 0.4) is 0 Å². The molecule has 0 saturated carbocycles. The molecule has 3 heteroatoms. The van der Waals surface area contributed by atoms with Crippen molar-refractivity contribution in [3.8, 4) is 11.5 Å². The Bertz CT molecular complexity index is 772. The summed E-state index contributed by atoms with van der Waals surface area (Å²) in [7, 11) is 1.69. The summed E-state index contributed by atoms with van der Waals surface area (Å²) in [4.78, 5) is 0. The van der Waals surface area contributed by atoms with E-state index in [-0.39, 0.29) is 0 Å². The van der Waals surface area contributed by atoms with Crippen LogP contribution in [0, 0.1) is 0 Å². The van der Waals surface area contributed by atoms with Crippen LogP contribution in [0.1, 0.15) is 11.1 Å². The van der Waals surface area contributed by atoms with Crippen LogP contribution in [-0.4, -0.2) is 7.11 Å². The van der Waals surface area contributed by atoms with Gasteiger partial charge in [-0.25, -0.2) is 0 Å². The molecule has 0 amide bonds. The number of nitrogens with one attached hydrogen (secondary N) is 1. The average Bonchev–Trinajstić information content (AvgIpc) is 2.66. The third-order valence-corrected chi connectivity index (χ3v) is 3.79. The Morgan fingerprint density at radius 1 is 0.750 bits per heavy atom. The van der Waals surface area contributed by atoms with Crippen LogP contribution in [0.15, 0.2) is 78.9 Å². The first-order valence-electron chi connectivity index (χ1n) is 7.98. The number of hydrogen-bond donors (Lipinski definition) is 1. The van der Waals surface area contributed by atoms with Crippen LogP contribution < -0.4 is 14.8 Å². The Kier molecular flexibility index (Phi) is 5.36. The van der Waals surface area contributed by atoms with Crippen molar-refractivity contribution in [1.82, 2.24) is 0 Å². The van der Waals surface area contributed by atoms with E-state index < -0.39 is 0 Å². The molecular weight excluding hydrogens is 298 g/mol. The molecule has 0 aromatic heterocycles. The Morgan fingerprint density at radius 2 is 1.42 bits per heavy atom. The largest absolute Gasteiger partial charge is 0.496 e. The summed E-state index contributed by atoms with van der Waals surface area (Å²) in [6.45, 7) is 1.23. The smallest absolute Gasteiger partial charge is 0.142 e. The van der Waals surface area contributed by atoms with E-state index in [1.165, 1.54) is 0 Å². The molecule has 0 bridgehead atoms. The topological polar surface area (TPSA) is 30.5 Å². The SMILES string of the molecule is COc1ccccc1CNc1ccccc1OCc1ccccc1. The van der Waals surface area contributed by atoms with Crippen molar-refractivity contribution in [2.45, 2.75) is 13.2 Å². The number of benzene rings is 3. The fourth-order valence-electron chi connectivity index (χ4n) is 2.51. The zero-order chi connectivity index (χ0) is 16.6. The summed E-state index contributed by atoms with van der Waals surface area (Å²) in [6, 6.07) is 26.2. The molecule has 24 heavy (non-hydrogen) atoms. The molecule has 3 aromatic carbocycles. The van der Waals surface area contributed by atoms with Gasteiger partial charge >= 0.3 is 0 Å². The predicted molar refractivity (Wildman–Crippen MR) is 97.5 cm³/mol. The summed E-state index contributed by atoms with van der Waals surface area (Å²) in [6.07, 6.45) is 0. The van der Waals surface area contributed by atoms with E-state index in [0.717, 1.165) is 28.3 Å². The number of rotatable bonds is 7. The van der Waals surface area contributed by atoms with Gasteiger partial charge in [0.25, 0.3) is 0 Å². The first kappa shape index (κ1) is 15.9. The van der Waals surface area contributed by atoms with Gasteiger partial charge in [0.15, 0.2) is 0 Å². The summed E-state index contributed by atoms with van der Waals surface area (Å²) in [5.74, 6) is 1.73. The minimum Gasteiger partial charge on any atom is -0.496 e. The van der Waals surface area contributed by atoms with Crippen LogP contribution in [-0.2, 0) is 13.2 Å². The lowest BCUT2D eigenvalue weighted by atomic mass is 10.2. The summed E-state index contributed by atoms with van der Waals surface area (Å²) in [5.41, 5.74) is 3.23. The second kappa shape index (κ2) is 8.06. The van der Waals surface area contributed by atoms with E-state index in [4.69, 9.17) is 9.47 Å². The second-order valence-electron chi connectivity index (χ2n) is 5.44. The van der Waals surface area contributed by atoms with Gasteiger partial charge in [-0.2, -0.15) is 0 Å². The van der Waals surface area contributed by atoms with Gasteiger partial charge in [-0.3, -0.25) is 0 Å². The zero-order valence-electron chi connectivity index (χ0n) is 13.7. The third kappa shape index (κ3) is 4.07. The van der Waals surface area contributed by atoms with E-state index in [1.54, 1.807) is 7.11 Å². The molecule has 3 aromatic rings. The van der Waals surface area contributed by atoms with Crippen molar-refractivity contribution in [3.63, 3.8) is 0 Å². The van der Waals surface area contributed by atoms with Gasteiger partial charge in [0.05, 0.1) is 12.8 Å². The Hall–Kier alpha value is -2.94. The molecule has 0 fully saturated rings. The third-order valence-electron chi connectivity index (χ3n) is 3.79. The first-order chi connectivity index (χ1) is 11.9. The first-order valence-corrected chi connectivity index (χ1v) is 7.98. The van der Waals surface area contributed by atoms with Gasteiger partial charge in [-0.15, -0.1) is 0 Å². The maximum absolute atomic E-state index is 5.97. The van der Waals surface area contributed by atoms with E-state index in [0.29, 0.717) is 13.2 Å². The number of methoxy groups -OCH3 is 1. The van der Waals surface area contributed by atoms with Crippen molar-refractivity contribution in [3.05, 3.63) is 90.0 Å². The maximum Gasteiger partial charge on any atom is 0.142 e. The normalized spacial score (nSPS) is 10.2. The van der Waals surface area contributed by atoms with E-state index in [2.05, 4.69) is 23.5 Å². The van der Waals surface area contributed by atoms with Gasteiger partial charge in [0.2, 0.25) is 0 Å². The molecule has 3 nitrogen and oxygen atoms in total. The van der Waals surface area contributed by atoms with Gasteiger partial charge in [0, 0.05) is 12.1 Å². The summed E-state index contributed by atoms with van der Waals surface area (Å²) >= 11 is 0. The van der Waals surface area contributed by atoms with Crippen molar-refractivity contribution in [1.29, 1.82) is 0 Å². The summed E-state index contributed by atoms with van der Waals surface area (Å²) < 4.78 is 11.4. The Morgan fingerprint density at radius 3 is 2.21 bits per heavy atom. The van der Waals surface area contributed by atoms with Gasteiger partial charge < -0.3 is 14.8 Å². The lowest BCUT2D eigenvalue weighted by molar-refractivity contribution is 0.307. The molecule has 0 saturated heterocycles. The van der Waals surface area contributed by atoms with Crippen molar-refractivity contribution < 1.29 is 9.47 Å². The molecular formula is C21H21NO2. The highest BCUT2D eigenvalue weighted by atomic mass is 16.5. The molecule has 0 aliphatic carbocycles. The molecule has 0 spiro atoms. The standard InChI is InChI=1S/C21H21NO2/c1-23-20-13-7-5-11-18(20)15-22-19-12-6-8-14-21(19)24-16-17-9-3-2-4-10-17/h2-14,22H,15-16H2,1H3. The van der Waals surface area contributed by atoms with Crippen LogP contribution in [0.4, 0.5) is 5.69 Å². The van der Waals surface area contributed by atoms with Gasteiger partial charge in [0.1, 0.15) is 18.1 Å². The van der Waals surface area contributed by atoms with E-state index in [9.17, 15) is 0 Å². The lowest BCUT2D eigenvalue weighted by Crippen LogP contribution is -2.04. The van der Waals surface area contributed by atoms with Crippen molar-refractivity contribution in [2.24, 2.45) is 0 Å². The molecule has 0 radical (unpaired) electrons. The molecule has 3 rings (SSSR count). The zero-order valence-corrected chi connectivity index (χ0v) is 13.7. The molecule has 1 N–H and O–H groups in total. The highest BCUT2D eigenvalue weighted by Crippen LogP contribution is 2.26. The predicted octanol–water partition coefficient (Wildman–Crippen LogP) is 4.89. The number of hydrogen-bond acceptors (Lipinski definition) is 3. The molecule has 0 heterocycles. The Balaban J connectivity index is 1.68. The minimum absolute atomic E-state index is 0.550.